The smallest absolute Gasteiger partial charge is 0.301 e. The molecule has 3 rings (SSSR count). The van der Waals surface area contributed by atoms with Gasteiger partial charge in [-0.25, -0.2) is 10.8 Å². The lowest BCUT2D eigenvalue weighted by Gasteiger charge is -2.05. The number of nitrogen functional groups attached to an aromatic ring is 1. The third kappa shape index (κ3) is 2.00. The van der Waals surface area contributed by atoms with Crippen LogP contribution >= 0.6 is 11.3 Å². The molecule has 3 heterocycles. The molecule has 3 aromatic heterocycles. The Morgan fingerprint density at radius 2 is 2.35 bits per heavy atom. The van der Waals surface area contributed by atoms with Crippen molar-refractivity contribution in [2.45, 2.75) is 6.54 Å². The number of fused-ring (bicyclic) bond motifs is 1. The average Bonchev–Trinajstić information content (AvgIpc) is 3.10. The van der Waals surface area contributed by atoms with Crippen molar-refractivity contribution in [3.05, 3.63) is 51.8 Å². The van der Waals surface area contributed by atoms with Crippen molar-refractivity contribution in [1.82, 2.24) is 15.0 Å². The van der Waals surface area contributed by atoms with Crippen molar-refractivity contribution < 1.29 is 9.21 Å². The van der Waals surface area contributed by atoms with E-state index >= 15 is 0 Å². The fourth-order valence-electron chi connectivity index (χ4n) is 1.90. The highest BCUT2D eigenvalue weighted by Crippen LogP contribution is 2.15. The number of rotatable bonds is 3. The Kier molecular flexibility index (Phi) is 3.09. The molecule has 0 saturated heterocycles. The Labute approximate surface area is 116 Å². The molecular formula is C12H10N4O3S. The van der Waals surface area contributed by atoms with Crippen LogP contribution in [0.15, 0.2) is 39.3 Å². The molecule has 8 heteroatoms. The zero-order valence-electron chi connectivity index (χ0n) is 10.2. The lowest BCUT2D eigenvalue weighted by atomic mass is 10.2. The van der Waals surface area contributed by atoms with E-state index in [9.17, 15) is 9.59 Å². The zero-order valence-corrected chi connectivity index (χ0v) is 11.0. The molecule has 0 spiro atoms. The maximum Gasteiger partial charge on any atom is 0.301 e. The maximum atomic E-state index is 12.2. The van der Waals surface area contributed by atoms with Crippen LogP contribution in [0.1, 0.15) is 16.1 Å². The molecular weight excluding hydrogens is 280 g/mol. The summed E-state index contributed by atoms with van der Waals surface area (Å²) in [6.45, 7) is 0.193. The maximum absolute atomic E-state index is 12.2. The Hall–Kier alpha value is -2.45. The number of amides is 1. The molecule has 3 N–H and O–H groups in total. The quantitative estimate of drug-likeness (QED) is 0.420. The van der Waals surface area contributed by atoms with Crippen molar-refractivity contribution in [1.29, 1.82) is 0 Å². The molecule has 0 aliphatic heterocycles. The van der Waals surface area contributed by atoms with Crippen LogP contribution in [0.3, 0.4) is 0 Å². The van der Waals surface area contributed by atoms with Crippen molar-refractivity contribution in [3.8, 4) is 0 Å². The first kappa shape index (κ1) is 12.6. The Balaban J connectivity index is 2.02. The predicted octanol–water partition coefficient (Wildman–Crippen LogP) is 0.703. The minimum atomic E-state index is -0.539. The monoisotopic (exact) mass is 290 g/mol. The fraction of sp³-hybridized carbons (Fsp3) is 0.0833. The zero-order chi connectivity index (χ0) is 14.1. The standard InChI is InChI=1S/C12H10N4O3S/c13-15-11(17)9-7(1-3-19-9)5-16-6-14-8-2-4-20-10(8)12(16)18/h1-4,6H,5,13H2,(H,15,17). The second-order valence-corrected chi connectivity index (χ2v) is 4.98. The summed E-state index contributed by atoms with van der Waals surface area (Å²) in [6, 6.07) is 3.41. The van der Waals surface area contributed by atoms with Gasteiger partial charge in [0, 0.05) is 5.56 Å². The van der Waals surface area contributed by atoms with Gasteiger partial charge in [-0.2, -0.15) is 0 Å². The topological polar surface area (TPSA) is 103 Å². The number of nitrogens with two attached hydrogens (primary N) is 1. The predicted molar refractivity (Wildman–Crippen MR) is 73.3 cm³/mol. The lowest BCUT2D eigenvalue weighted by molar-refractivity contribution is 0.0924. The number of hydrogen-bond acceptors (Lipinski definition) is 6. The number of aromatic nitrogens is 2. The molecule has 0 unspecified atom stereocenters. The summed E-state index contributed by atoms with van der Waals surface area (Å²) in [7, 11) is 0. The number of thiophene rings is 1. The van der Waals surface area contributed by atoms with Gasteiger partial charge in [0.05, 0.1) is 24.7 Å². The van der Waals surface area contributed by atoms with Gasteiger partial charge in [0.1, 0.15) is 4.70 Å². The summed E-state index contributed by atoms with van der Waals surface area (Å²) < 4.78 is 7.09. The van der Waals surface area contributed by atoms with Gasteiger partial charge in [0.15, 0.2) is 5.76 Å². The summed E-state index contributed by atoms with van der Waals surface area (Å²) in [6.07, 6.45) is 2.83. The molecule has 0 bridgehead atoms. The minimum Gasteiger partial charge on any atom is -0.459 e. The Morgan fingerprint density at radius 3 is 3.15 bits per heavy atom. The highest BCUT2D eigenvalue weighted by molar-refractivity contribution is 7.17. The van der Waals surface area contributed by atoms with E-state index in [0.717, 1.165) is 0 Å². The normalized spacial score (nSPS) is 10.8. The van der Waals surface area contributed by atoms with Gasteiger partial charge in [-0.15, -0.1) is 11.3 Å². The van der Waals surface area contributed by atoms with Crippen LogP contribution in [-0.2, 0) is 6.54 Å². The molecule has 3 aromatic rings. The van der Waals surface area contributed by atoms with Gasteiger partial charge < -0.3 is 4.42 Å². The van der Waals surface area contributed by atoms with E-state index in [2.05, 4.69) is 4.98 Å². The molecule has 0 fully saturated rings. The summed E-state index contributed by atoms with van der Waals surface area (Å²) in [4.78, 5) is 27.9. The van der Waals surface area contributed by atoms with E-state index in [-0.39, 0.29) is 17.9 Å². The summed E-state index contributed by atoms with van der Waals surface area (Å²) in [5.41, 5.74) is 3.08. The van der Waals surface area contributed by atoms with Crippen molar-refractivity contribution >= 4 is 27.5 Å². The van der Waals surface area contributed by atoms with Crippen molar-refractivity contribution in [2.24, 2.45) is 5.84 Å². The fourth-order valence-corrected chi connectivity index (χ4v) is 2.69. The first-order chi connectivity index (χ1) is 9.70. The number of hydrazine groups is 1. The average molecular weight is 290 g/mol. The van der Waals surface area contributed by atoms with Gasteiger partial charge in [-0.05, 0) is 17.5 Å². The molecule has 7 nitrogen and oxygen atoms in total. The van der Waals surface area contributed by atoms with Crippen LogP contribution in [0.5, 0.6) is 0 Å². The third-order valence-corrected chi connectivity index (χ3v) is 3.75. The van der Waals surface area contributed by atoms with Gasteiger partial charge in [-0.1, -0.05) is 0 Å². The first-order valence-electron chi connectivity index (χ1n) is 5.70. The van der Waals surface area contributed by atoms with Crippen LogP contribution in [0.25, 0.3) is 10.2 Å². The van der Waals surface area contributed by atoms with Crippen LogP contribution in [-0.4, -0.2) is 15.5 Å². The van der Waals surface area contributed by atoms with Crippen molar-refractivity contribution in [3.63, 3.8) is 0 Å². The molecule has 0 atom stereocenters. The second-order valence-electron chi connectivity index (χ2n) is 4.06. The van der Waals surface area contributed by atoms with E-state index in [4.69, 9.17) is 10.3 Å². The second kappa shape index (κ2) is 4.91. The largest absolute Gasteiger partial charge is 0.459 e. The van der Waals surface area contributed by atoms with E-state index in [1.54, 1.807) is 12.1 Å². The van der Waals surface area contributed by atoms with E-state index in [0.29, 0.717) is 15.8 Å². The molecule has 20 heavy (non-hydrogen) atoms. The number of nitrogens with one attached hydrogen (secondary N) is 1. The van der Waals surface area contributed by atoms with E-state index < -0.39 is 5.91 Å². The summed E-state index contributed by atoms with van der Waals surface area (Å²) in [5.74, 6) is 4.63. The molecule has 0 aromatic carbocycles. The highest BCUT2D eigenvalue weighted by atomic mass is 32.1. The number of carbonyl (C=O) groups is 1. The lowest BCUT2D eigenvalue weighted by Crippen LogP contribution is -2.31. The number of hydrogen-bond donors (Lipinski definition) is 2. The van der Waals surface area contributed by atoms with E-state index in [1.165, 1.54) is 28.5 Å². The Bertz CT molecular complexity index is 832. The highest BCUT2D eigenvalue weighted by Gasteiger charge is 2.15. The van der Waals surface area contributed by atoms with Gasteiger partial charge in [0.25, 0.3) is 5.56 Å². The van der Waals surface area contributed by atoms with E-state index in [1.807, 2.05) is 10.8 Å². The van der Waals surface area contributed by atoms with Crippen LogP contribution in [0.2, 0.25) is 0 Å². The molecule has 1 amide bonds. The number of nitrogens with zero attached hydrogens (tertiary/aromatic N) is 2. The number of carbonyl (C=O) groups excluding carboxylic acids is 1. The number of furan rings is 1. The van der Waals surface area contributed by atoms with Crippen molar-refractivity contribution in [2.75, 3.05) is 0 Å². The van der Waals surface area contributed by atoms with Crippen LogP contribution < -0.4 is 16.8 Å². The molecule has 0 aliphatic rings. The minimum absolute atomic E-state index is 0.0886. The van der Waals surface area contributed by atoms with Gasteiger partial charge >= 0.3 is 5.91 Å². The SMILES string of the molecule is NNC(=O)c1occc1Cn1cnc2ccsc2c1=O. The molecule has 102 valence electrons. The molecule has 0 radical (unpaired) electrons. The molecule has 0 aliphatic carbocycles. The summed E-state index contributed by atoms with van der Waals surface area (Å²) >= 11 is 1.34. The molecule has 0 saturated carbocycles. The van der Waals surface area contributed by atoms with Gasteiger partial charge in [-0.3, -0.25) is 19.6 Å². The van der Waals surface area contributed by atoms with Gasteiger partial charge in [0.2, 0.25) is 0 Å². The first-order valence-corrected chi connectivity index (χ1v) is 6.58. The Morgan fingerprint density at radius 1 is 1.50 bits per heavy atom. The third-order valence-electron chi connectivity index (χ3n) is 2.86. The van der Waals surface area contributed by atoms with Crippen LogP contribution in [0.4, 0.5) is 0 Å². The van der Waals surface area contributed by atoms with Crippen LogP contribution in [0, 0.1) is 0 Å². The summed E-state index contributed by atoms with van der Waals surface area (Å²) in [5, 5.41) is 1.81.